The van der Waals surface area contributed by atoms with Crippen molar-refractivity contribution in [2.45, 2.75) is 45.7 Å². The summed E-state index contributed by atoms with van der Waals surface area (Å²) in [4.78, 5) is 36.2. The topological polar surface area (TPSA) is 99.3 Å². The van der Waals surface area contributed by atoms with Crippen LogP contribution < -0.4 is 21.3 Å². The van der Waals surface area contributed by atoms with Crippen molar-refractivity contribution in [2.24, 2.45) is 5.92 Å². The number of rotatable bonds is 8. The first-order valence-electron chi connectivity index (χ1n) is 10.3. The van der Waals surface area contributed by atoms with Crippen molar-refractivity contribution in [1.82, 2.24) is 10.6 Å². The maximum absolute atomic E-state index is 12.4. The SMILES string of the molecule is CCC(C)C(=O)Nc1cccc(CNC(=O)c2ccc(NC(=O)NC3CC3)cc2)c1. The smallest absolute Gasteiger partial charge is 0.319 e. The minimum absolute atomic E-state index is 0.0156. The average Bonchev–Trinajstić information content (AvgIpc) is 3.56. The van der Waals surface area contributed by atoms with Crippen LogP contribution in [-0.2, 0) is 11.3 Å². The van der Waals surface area contributed by atoms with E-state index in [1.54, 1.807) is 24.3 Å². The van der Waals surface area contributed by atoms with Crippen LogP contribution in [0.5, 0.6) is 0 Å². The molecule has 2 aromatic rings. The molecule has 4 amide bonds. The van der Waals surface area contributed by atoms with E-state index in [-0.39, 0.29) is 29.8 Å². The molecule has 158 valence electrons. The highest BCUT2D eigenvalue weighted by Crippen LogP contribution is 2.19. The first-order chi connectivity index (χ1) is 14.4. The number of benzene rings is 2. The van der Waals surface area contributed by atoms with Gasteiger partial charge in [-0.2, -0.15) is 0 Å². The summed E-state index contributed by atoms with van der Waals surface area (Å²) < 4.78 is 0. The fraction of sp³-hybridized carbons (Fsp3) is 0.348. The molecule has 3 rings (SSSR count). The lowest BCUT2D eigenvalue weighted by Crippen LogP contribution is -2.30. The molecule has 1 fully saturated rings. The van der Waals surface area contributed by atoms with E-state index in [9.17, 15) is 14.4 Å². The van der Waals surface area contributed by atoms with E-state index < -0.39 is 0 Å². The lowest BCUT2D eigenvalue weighted by molar-refractivity contribution is -0.119. The molecule has 7 heteroatoms. The molecule has 0 aliphatic heterocycles. The van der Waals surface area contributed by atoms with E-state index in [4.69, 9.17) is 0 Å². The summed E-state index contributed by atoms with van der Waals surface area (Å²) in [6.07, 6.45) is 2.83. The van der Waals surface area contributed by atoms with E-state index in [1.807, 2.05) is 38.1 Å². The van der Waals surface area contributed by atoms with Gasteiger partial charge in [0.2, 0.25) is 5.91 Å². The van der Waals surface area contributed by atoms with Crippen LogP contribution in [0.25, 0.3) is 0 Å². The fourth-order valence-corrected chi connectivity index (χ4v) is 2.78. The highest BCUT2D eigenvalue weighted by Gasteiger charge is 2.23. The van der Waals surface area contributed by atoms with Gasteiger partial charge in [-0.05, 0) is 61.2 Å². The lowest BCUT2D eigenvalue weighted by atomic mass is 10.1. The third kappa shape index (κ3) is 6.34. The number of carbonyl (C=O) groups excluding carboxylic acids is 3. The number of nitrogens with one attached hydrogen (secondary N) is 4. The van der Waals surface area contributed by atoms with Crippen molar-refractivity contribution in [1.29, 1.82) is 0 Å². The van der Waals surface area contributed by atoms with Gasteiger partial charge in [0.15, 0.2) is 0 Å². The van der Waals surface area contributed by atoms with E-state index >= 15 is 0 Å². The molecule has 1 aliphatic rings. The molecule has 0 bridgehead atoms. The molecule has 0 spiro atoms. The quantitative estimate of drug-likeness (QED) is 0.533. The molecule has 1 unspecified atom stereocenters. The maximum Gasteiger partial charge on any atom is 0.319 e. The summed E-state index contributed by atoms with van der Waals surface area (Å²) in [6, 6.07) is 14.2. The Balaban J connectivity index is 1.50. The van der Waals surface area contributed by atoms with Gasteiger partial charge in [0.05, 0.1) is 0 Å². The first kappa shape index (κ1) is 21.4. The molecule has 0 aromatic heterocycles. The van der Waals surface area contributed by atoms with Crippen molar-refractivity contribution in [3.63, 3.8) is 0 Å². The molecule has 1 saturated carbocycles. The molecule has 1 atom stereocenters. The summed E-state index contributed by atoms with van der Waals surface area (Å²) in [5.74, 6) is -0.276. The van der Waals surface area contributed by atoms with Crippen LogP contribution in [0.4, 0.5) is 16.2 Å². The summed E-state index contributed by atoms with van der Waals surface area (Å²) in [5.41, 5.74) is 2.74. The number of hydrogen-bond donors (Lipinski definition) is 4. The number of anilines is 2. The summed E-state index contributed by atoms with van der Waals surface area (Å²) in [5, 5.41) is 11.4. The Morgan fingerprint density at radius 1 is 1.00 bits per heavy atom. The van der Waals surface area contributed by atoms with Gasteiger partial charge in [-0.15, -0.1) is 0 Å². The standard InChI is InChI=1S/C23H28N4O3/c1-3-15(2)21(28)25-20-6-4-5-16(13-20)14-24-22(29)17-7-9-18(10-8-17)26-23(30)27-19-11-12-19/h4-10,13,15,19H,3,11-12,14H2,1-2H3,(H,24,29)(H,25,28)(H2,26,27,30). The van der Waals surface area contributed by atoms with Crippen LogP contribution in [0.15, 0.2) is 48.5 Å². The highest BCUT2D eigenvalue weighted by atomic mass is 16.2. The van der Waals surface area contributed by atoms with Crippen molar-refractivity contribution in [2.75, 3.05) is 10.6 Å². The average molecular weight is 409 g/mol. The van der Waals surface area contributed by atoms with Gasteiger partial charge in [-0.1, -0.05) is 26.0 Å². The van der Waals surface area contributed by atoms with Gasteiger partial charge in [-0.3, -0.25) is 9.59 Å². The zero-order chi connectivity index (χ0) is 21.5. The highest BCUT2D eigenvalue weighted by molar-refractivity contribution is 5.95. The Hall–Kier alpha value is -3.35. The molecule has 0 radical (unpaired) electrons. The van der Waals surface area contributed by atoms with Gasteiger partial charge in [0.25, 0.3) is 5.91 Å². The van der Waals surface area contributed by atoms with E-state index in [1.165, 1.54) is 0 Å². The second-order valence-corrected chi connectivity index (χ2v) is 7.63. The zero-order valence-electron chi connectivity index (χ0n) is 17.3. The second-order valence-electron chi connectivity index (χ2n) is 7.63. The van der Waals surface area contributed by atoms with Gasteiger partial charge >= 0.3 is 6.03 Å². The van der Waals surface area contributed by atoms with Crippen LogP contribution in [0.2, 0.25) is 0 Å². The van der Waals surface area contributed by atoms with Crippen LogP contribution >= 0.6 is 0 Å². The van der Waals surface area contributed by atoms with Crippen molar-refractivity contribution < 1.29 is 14.4 Å². The Labute approximate surface area is 176 Å². The Kier molecular flexibility index (Phi) is 7.06. The fourth-order valence-electron chi connectivity index (χ4n) is 2.78. The van der Waals surface area contributed by atoms with Crippen LogP contribution in [0.3, 0.4) is 0 Å². The van der Waals surface area contributed by atoms with Crippen molar-refractivity contribution in [3.05, 3.63) is 59.7 Å². The third-order valence-corrected chi connectivity index (χ3v) is 5.03. The molecule has 0 heterocycles. The summed E-state index contributed by atoms with van der Waals surface area (Å²) >= 11 is 0. The Bertz CT molecular complexity index is 907. The predicted molar refractivity (Wildman–Crippen MR) is 117 cm³/mol. The van der Waals surface area contributed by atoms with Crippen molar-refractivity contribution >= 4 is 29.2 Å². The van der Waals surface area contributed by atoms with Gasteiger partial charge in [0.1, 0.15) is 0 Å². The largest absolute Gasteiger partial charge is 0.348 e. The van der Waals surface area contributed by atoms with Crippen LogP contribution in [0.1, 0.15) is 49.0 Å². The van der Waals surface area contributed by atoms with Gasteiger partial charge in [0, 0.05) is 35.4 Å². The van der Waals surface area contributed by atoms with Crippen molar-refractivity contribution in [3.8, 4) is 0 Å². The molecular weight excluding hydrogens is 380 g/mol. The number of urea groups is 1. The van der Waals surface area contributed by atoms with Gasteiger partial charge < -0.3 is 21.3 Å². The third-order valence-electron chi connectivity index (χ3n) is 5.03. The first-order valence-corrected chi connectivity index (χ1v) is 10.3. The number of hydrogen-bond acceptors (Lipinski definition) is 3. The van der Waals surface area contributed by atoms with E-state index in [2.05, 4.69) is 21.3 Å². The zero-order valence-corrected chi connectivity index (χ0v) is 17.3. The molecule has 2 aromatic carbocycles. The second kappa shape index (κ2) is 9.91. The number of carbonyl (C=O) groups is 3. The molecular formula is C23H28N4O3. The number of amides is 4. The van der Waals surface area contributed by atoms with Crippen LogP contribution in [0, 0.1) is 5.92 Å². The molecule has 30 heavy (non-hydrogen) atoms. The summed E-state index contributed by atoms with van der Waals surface area (Å²) in [7, 11) is 0. The minimum atomic E-state index is -0.227. The molecule has 0 saturated heterocycles. The van der Waals surface area contributed by atoms with E-state index in [0.717, 1.165) is 24.8 Å². The van der Waals surface area contributed by atoms with Crippen LogP contribution in [-0.4, -0.2) is 23.9 Å². The van der Waals surface area contributed by atoms with E-state index in [0.29, 0.717) is 23.5 Å². The lowest BCUT2D eigenvalue weighted by Gasteiger charge is -2.12. The molecule has 1 aliphatic carbocycles. The normalized spacial score (nSPS) is 13.8. The Morgan fingerprint density at radius 3 is 2.40 bits per heavy atom. The predicted octanol–water partition coefficient (Wildman–Crippen LogP) is 3.89. The Morgan fingerprint density at radius 2 is 1.73 bits per heavy atom. The minimum Gasteiger partial charge on any atom is -0.348 e. The maximum atomic E-state index is 12.4. The monoisotopic (exact) mass is 408 g/mol. The molecule has 4 N–H and O–H groups in total. The van der Waals surface area contributed by atoms with Gasteiger partial charge in [-0.25, -0.2) is 4.79 Å². The summed E-state index contributed by atoms with van der Waals surface area (Å²) in [6.45, 7) is 4.21. The molecule has 7 nitrogen and oxygen atoms in total.